The number of nitrogens with two attached hydrogens (primary N) is 1. The van der Waals surface area contributed by atoms with Gasteiger partial charge in [-0.25, -0.2) is 4.39 Å². The minimum atomic E-state index is -0.917. The van der Waals surface area contributed by atoms with Crippen LogP contribution in [0.3, 0.4) is 0 Å². The molecule has 0 amide bonds. The van der Waals surface area contributed by atoms with Crippen LogP contribution in [0.2, 0.25) is 0 Å². The second kappa shape index (κ2) is 3.42. The Labute approximate surface area is 75.2 Å². The van der Waals surface area contributed by atoms with Gasteiger partial charge in [0.2, 0.25) is 0 Å². The van der Waals surface area contributed by atoms with Crippen LogP contribution in [0.25, 0.3) is 0 Å². The summed E-state index contributed by atoms with van der Waals surface area (Å²) in [6, 6.07) is 3.34. The van der Waals surface area contributed by atoms with Gasteiger partial charge >= 0.3 is 0 Å². The molecule has 0 heterocycles. The molecular weight excluding hydrogens is 171 g/mol. The first-order valence-electron chi connectivity index (χ1n) is 3.71. The highest BCUT2D eigenvalue weighted by molar-refractivity contribution is 5.43. The molecule has 0 saturated carbocycles. The number of hydrogen-bond donors (Lipinski definition) is 2. The van der Waals surface area contributed by atoms with Crippen molar-refractivity contribution >= 4 is 0 Å². The van der Waals surface area contributed by atoms with E-state index >= 15 is 0 Å². The summed E-state index contributed by atoms with van der Waals surface area (Å²) in [6.45, 7) is 1.43. The normalized spacial score (nSPS) is 12.2. The van der Waals surface area contributed by atoms with E-state index < -0.39 is 11.9 Å². The molecule has 3 nitrogen and oxygen atoms in total. The minimum absolute atomic E-state index is 0.114. The minimum Gasteiger partial charge on any atom is -0.507 e. The summed E-state index contributed by atoms with van der Waals surface area (Å²) in [5, 5.41) is 17.9. The summed E-state index contributed by atoms with van der Waals surface area (Å²) in [6.07, 6.45) is 0. The molecule has 0 fully saturated rings. The topological polar surface area (TPSA) is 70.0 Å². The van der Waals surface area contributed by atoms with Crippen molar-refractivity contribution in [1.29, 1.82) is 5.26 Å². The number of benzene rings is 1. The average Bonchev–Trinajstić information content (AvgIpc) is 2.13. The maximum absolute atomic E-state index is 12.8. The van der Waals surface area contributed by atoms with Gasteiger partial charge in [-0.1, -0.05) is 0 Å². The Morgan fingerprint density at radius 3 is 2.77 bits per heavy atom. The van der Waals surface area contributed by atoms with Crippen molar-refractivity contribution in [3.63, 3.8) is 0 Å². The van der Waals surface area contributed by atoms with Crippen molar-refractivity contribution in [2.75, 3.05) is 0 Å². The maximum atomic E-state index is 12.8. The smallest absolute Gasteiger partial charge is 0.129 e. The van der Waals surface area contributed by atoms with E-state index in [1.807, 2.05) is 0 Å². The van der Waals surface area contributed by atoms with E-state index in [-0.39, 0.29) is 16.9 Å². The summed E-state index contributed by atoms with van der Waals surface area (Å²) < 4.78 is 12.8. The summed E-state index contributed by atoms with van der Waals surface area (Å²) in [4.78, 5) is 0. The van der Waals surface area contributed by atoms with Crippen LogP contribution in [-0.2, 0) is 0 Å². The van der Waals surface area contributed by atoms with E-state index in [2.05, 4.69) is 0 Å². The second-order valence-electron chi connectivity index (χ2n) is 2.72. The molecular formula is C9H9FN2O. The number of nitrogens with zero attached hydrogens (tertiary/aromatic N) is 1. The molecule has 1 atom stereocenters. The third kappa shape index (κ3) is 1.60. The molecule has 0 spiro atoms. The zero-order chi connectivity index (χ0) is 10.0. The number of halogens is 1. The summed E-state index contributed by atoms with van der Waals surface area (Å²) in [5.74, 6) is -0.750. The summed E-state index contributed by atoms with van der Waals surface area (Å²) in [7, 11) is 0. The largest absolute Gasteiger partial charge is 0.507 e. The Morgan fingerprint density at radius 2 is 2.23 bits per heavy atom. The predicted molar refractivity (Wildman–Crippen MR) is 45.3 cm³/mol. The second-order valence-corrected chi connectivity index (χ2v) is 2.72. The lowest BCUT2D eigenvalue weighted by Crippen LogP contribution is -2.08. The molecule has 0 saturated heterocycles. The molecule has 0 bridgehead atoms. The molecule has 1 rings (SSSR count). The Hall–Kier alpha value is -1.60. The van der Waals surface area contributed by atoms with Crippen LogP contribution < -0.4 is 5.73 Å². The molecule has 1 aromatic rings. The number of rotatable bonds is 1. The van der Waals surface area contributed by atoms with Gasteiger partial charge in [-0.05, 0) is 19.1 Å². The van der Waals surface area contributed by atoms with Gasteiger partial charge < -0.3 is 10.8 Å². The van der Waals surface area contributed by atoms with E-state index in [4.69, 9.17) is 11.0 Å². The maximum Gasteiger partial charge on any atom is 0.129 e. The molecule has 13 heavy (non-hydrogen) atoms. The first-order chi connectivity index (χ1) is 6.07. The molecule has 0 aliphatic carbocycles. The van der Waals surface area contributed by atoms with Crippen LogP contribution >= 0.6 is 0 Å². The lowest BCUT2D eigenvalue weighted by atomic mass is 10.0. The summed E-state index contributed by atoms with van der Waals surface area (Å²) in [5.41, 5.74) is 5.74. The molecule has 0 aliphatic heterocycles. The molecule has 0 unspecified atom stereocenters. The quantitative estimate of drug-likeness (QED) is 0.685. The molecule has 68 valence electrons. The van der Waals surface area contributed by atoms with E-state index in [0.717, 1.165) is 0 Å². The molecule has 1 aromatic carbocycles. The molecule has 0 radical (unpaired) electrons. The predicted octanol–water partition coefficient (Wildman–Crippen LogP) is 1.36. The van der Waals surface area contributed by atoms with Gasteiger partial charge in [-0.2, -0.15) is 5.26 Å². The van der Waals surface area contributed by atoms with Crippen LogP contribution in [0.1, 0.15) is 17.2 Å². The van der Waals surface area contributed by atoms with Gasteiger partial charge in [-0.15, -0.1) is 0 Å². The van der Waals surface area contributed by atoms with Crippen molar-refractivity contribution in [2.24, 2.45) is 5.73 Å². The summed E-state index contributed by atoms with van der Waals surface area (Å²) >= 11 is 0. The van der Waals surface area contributed by atoms with Crippen molar-refractivity contribution < 1.29 is 9.50 Å². The van der Waals surface area contributed by atoms with E-state index in [1.54, 1.807) is 6.07 Å². The Kier molecular flexibility index (Phi) is 2.49. The SMILES string of the molecule is Cc1c(F)ccc([C@H](N)C#N)c1O. The Morgan fingerprint density at radius 1 is 1.62 bits per heavy atom. The van der Waals surface area contributed by atoms with E-state index in [1.165, 1.54) is 19.1 Å². The highest BCUT2D eigenvalue weighted by Gasteiger charge is 2.13. The highest BCUT2D eigenvalue weighted by Crippen LogP contribution is 2.27. The average molecular weight is 180 g/mol. The first kappa shape index (κ1) is 9.49. The van der Waals surface area contributed by atoms with Crippen LogP contribution in [0.15, 0.2) is 12.1 Å². The third-order valence-electron chi connectivity index (χ3n) is 1.87. The monoisotopic (exact) mass is 180 g/mol. The van der Waals surface area contributed by atoms with Gasteiger partial charge in [-0.3, -0.25) is 0 Å². The number of hydrogen-bond acceptors (Lipinski definition) is 3. The van der Waals surface area contributed by atoms with Crippen molar-refractivity contribution in [1.82, 2.24) is 0 Å². The third-order valence-corrected chi connectivity index (χ3v) is 1.87. The van der Waals surface area contributed by atoms with Gasteiger partial charge in [0.15, 0.2) is 0 Å². The zero-order valence-electron chi connectivity index (χ0n) is 7.08. The highest BCUT2D eigenvalue weighted by atomic mass is 19.1. The van der Waals surface area contributed by atoms with Crippen LogP contribution in [0.4, 0.5) is 4.39 Å². The Balaban J connectivity index is 3.28. The lowest BCUT2D eigenvalue weighted by molar-refractivity contribution is 0.454. The number of phenols is 1. The van der Waals surface area contributed by atoms with Crippen LogP contribution in [-0.4, -0.2) is 5.11 Å². The molecule has 0 aliphatic rings. The molecule has 4 heteroatoms. The standard InChI is InChI=1S/C9H9FN2O/c1-5-7(10)3-2-6(9(5)13)8(12)4-11/h2-3,8,13H,12H2,1H3/t8-/m1/s1. The van der Waals surface area contributed by atoms with Crippen molar-refractivity contribution in [3.05, 3.63) is 29.1 Å². The molecule has 3 N–H and O–H groups in total. The van der Waals surface area contributed by atoms with E-state index in [9.17, 15) is 9.50 Å². The number of aromatic hydroxyl groups is 1. The van der Waals surface area contributed by atoms with E-state index in [0.29, 0.717) is 0 Å². The number of phenolic OH excluding ortho intramolecular Hbond substituents is 1. The van der Waals surface area contributed by atoms with Crippen molar-refractivity contribution in [2.45, 2.75) is 13.0 Å². The lowest BCUT2D eigenvalue weighted by Gasteiger charge is -2.08. The van der Waals surface area contributed by atoms with Gasteiger partial charge in [0.1, 0.15) is 17.6 Å². The van der Waals surface area contributed by atoms with Crippen LogP contribution in [0.5, 0.6) is 5.75 Å². The van der Waals surface area contributed by atoms with Crippen LogP contribution in [0, 0.1) is 24.1 Å². The zero-order valence-corrected chi connectivity index (χ0v) is 7.08. The van der Waals surface area contributed by atoms with Gasteiger partial charge in [0.25, 0.3) is 0 Å². The fourth-order valence-corrected chi connectivity index (χ4v) is 1.02. The Bertz CT molecular complexity index is 371. The molecule has 0 aromatic heterocycles. The first-order valence-corrected chi connectivity index (χ1v) is 3.71. The van der Waals surface area contributed by atoms with Gasteiger partial charge in [0.05, 0.1) is 6.07 Å². The van der Waals surface area contributed by atoms with Gasteiger partial charge in [0, 0.05) is 11.1 Å². The van der Waals surface area contributed by atoms with Crippen molar-refractivity contribution in [3.8, 4) is 11.8 Å². The fraction of sp³-hybridized carbons (Fsp3) is 0.222. The number of nitriles is 1. The fourth-order valence-electron chi connectivity index (χ4n) is 1.02.